The molecular formula is C20H26FN3O. The molecule has 1 aromatic carbocycles. The molecule has 1 saturated heterocycles. The van der Waals surface area contributed by atoms with Crippen LogP contribution >= 0.6 is 0 Å². The number of likely N-dealkylation sites (N-methyl/N-ethyl adjacent to an activating group) is 1. The molecule has 2 atom stereocenters. The van der Waals surface area contributed by atoms with Crippen LogP contribution in [0.2, 0.25) is 0 Å². The van der Waals surface area contributed by atoms with Gasteiger partial charge in [0.15, 0.2) is 5.43 Å². The molecule has 1 aliphatic heterocycles. The van der Waals surface area contributed by atoms with Gasteiger partial charge < -0.3 is 9.47 Å². The van der Waals surface area contributed by atoms with Crippen molar-refractivity contribution in [2.75, 3.05) is 24.5 Å². The van der Waals surface area contributed by atoms with Gasteiger partial charge in [0.1, 0.15) is 5.82 Å². The highest BCUT2D eigenvalue weighted by Gasteiger charge is 2.30. The fourth-order valence-electron chi connectivity index (χ4n) is 4.37. The molecule has 4 nitrogen and oxygen atoms in total. The van der Waals surface area contributed by atoms with E-state index >= 15 is 0 Å². The van der Waals surface area contributed by atoms with E-state index in [9.17, 15) is 9.18 Å². The third kappa shape index (κ3) is 2.84. The average molecular weight is 343 g/mol. The van der Waals surface area contributed by atoms with E-state index in [1.54, 1.807) is 6.07 Å². The van der Waals surface area contributed by atoms with Crippen molar-refractivity contribution in [3.63, 3.8) is 0 Å². The molecule has 1 aromatic heterocycles. The Hall–Kier alpha value is -1.88. The summed E-state index contributed by atoms with van der Waals surface area (Å²) in [6.07, 6.45) is 4.13. The van der Waals surface area contributed by atoms with Crippen LogP contribution in [0.25, 0.3) is 10.9 Å². The van der Waals surface area contributed by atoms with Gasteiger partial charge in [-0.3, -0.25) is 9.69 Å². The summed E-state index contributed by atoms with van der Waals surface area (Å²) in [7, 11) is 0. The highest BCUT2D eigenvalue weighted by atomic mass is 19.1. The summed E-state index contributed by atoms with van der Waals surface area (Å²) in [5, 5.41) is 0.490. The van der Waals surface area contributed by atoms with Crippen LogP contribution in [0.3, 0.4) is 0 Å². The molecule has 2 unspecified atom stereocenters. The number of halogens is 1. The number of benzene rings is 1. The maximum absolute atomic E-state index is 14.9. The van der Waals surface area contributed by atoms with Crippen molar-refractivity contribution in [3.8, 4) is 0 Å². The number of rotatable bonds is 3. The summed E-state index contributed by atoms with van der Waals surface area (Å²) >= 11 is 0. The van der Waals surface area contributed by atoms with E-state index in [0.717, 1.165) is 38.0 Å². The number of fused-ring (bicyclic) bond motifs is 1. The highest BCUT2D eigenvalue weighted by Crippen LogP contribution is 2.38. The zero-order valence-electron chi connectivity index (χ0n) is 15.2. The molecule has 0 radical (unpaired) electrons. The second-order valence-corrected chi connectivity index (χ2v) is 7.57. The Morgan fingerprint density at radius 1 is 1.16 bits per heavy atom. The SMILES string of the molecule is CCN1C(C)CN(c2cc3c(cc2F)c(=O)ccn3C2CC2)CC1C. The van der Waals surface area contributed by atoms with Gasteiger partial charge in [0.05, 0.1) is 11.2 Å². The quantitative estimate of drug-likeness (QED) is 0.855. The van der Waals surface area contributed by atoms with Gasteiger partial charge in [0, 0.05) is 48.9 Å². The van der Waals surface area contributed by atoms with Crippen LogP contribution < -0.4 is 10.3 Å². The predicted molar refractivity (Wildman–Crippen MR) is 100.0 cm³/mol. The minimum atomic E-state index is -0.289. The lowest BCUT2D eigenvalue weighted by molar-refractivity contribution is 0.139. The summed E-state index contributed by atoms with van der Waals surface area (Å²) in [4.78, 5) is 16.8. The number of pyridine rings is 1. The first-order valence-electron chi connectivity index (χ1n) is 9.34. The van der Waals surface area contributed by atoms with Gasteiger partial charge in [-0.15, -0.1) is 0 Å². The van der Waals surface area contributed by atoms with Crippen LogP contribution in [0.4, 0.5) is 10.1 Å². The number of nitrogens with zero attached hydrogens (tertiary/aromatic N) is 3. The van der Waals surface area contributed by atoms with Gasteiger partial charge in [-0.25, -0.2) is 4.39 Å². The first kappa shape index (κ1) is 16.6. The summed E-state index contributed by atoms with van der Waals surface area (Å²) in [5.74, 6) is -0.289. The Labute approximate surface area is 147 Å². The van der Waals surface area contributed by atoms with E-state index in [0.29, 0.717) is 29.2 Å². The summed E-state index contributed by atoms with van der Waals surface area (Å²) in [6.45, 7) is 9.20. The zero-order chi connectivity index (χ0) is 17.7. The van der Waals surface area contributed by atoms with Crippen molar-refractivity contribution < 1.29 is 4.39 Å². The summed E-state index contributed by atoms with van der Waals surface area (Å²) < 4.78 is 17.0. The number of hydrogen-bond donors (Lipinski definition) is 0. The van der Waals surface area contributed by atoms with Gasteiger partial charge in [-0.2, -0.15) is 0 Å². The maximum atomic E-state index is 14.9. The Balaban J connectivity index is 1.79. The number of anilines is 1. The van der Waals surface area contributed by atoms with Crippen LogP contribution in [0, 0.1) is 5.82 Å². The molecule has 1 aliphatic carbocycles. The molecule has 2 aliphatic rings. The van der Waals surface area contributed by atoms with Crippen LogP contribution in [0.5, 0.6) is 0 Å². The lowest BCUT2D eigenvalue weighted by Crippen LogP contribution is -2.56. The molecule has 2 heterocycles. The third-order valence-corrected chi connectivity index (χ3v) is 5.74. The monoisotopic (exact) mass is 343 g/mol. The fourth-order valence-corrected chi connectivity index (χ4v) is 4.37. The minimum Gasteiger partial charge on any atom is -0.366 e. The van der Waals surface area contributed by atoms with Gasteiger partial charge in [0.25, 0.3) is 0 Å². The predicted octanol–water partition coefficient (Wildman–Crippen LogP) is 3.39. The van der Waals surface area contributed by atoms with Crippen molar-refractivity contribution in [1.29, 1.82) is 0 Å². The van der Waals surface area contributed by atoms with Crippen molar-refractivity contribution in [1.82, 2.24) is 9.47 Å². The molecule has 2 fully saturated rings. The van der Waals surface area contributed by atoms with E-state index in [1.807, 2.05) is 12.3 Å². The molecule has 2 aromatic rings. The van der Waals surface area contributed by atoms with Crippen LogP contribution in [-0.2, 0) is 0 Å². The largest absolute Gasteiger partial charge is 0.366 e. The topological polar surface area (TPSA) is 28.5 Å². The van der Waals surface area contributed by atoms with Crippen molar-refractivity contribution in [2.24, 2.45) is 0 Å². The van der Waals surface area contributed by atoms with Crippen LogP contribution in [-0.4, -0.2) is 41.2 Å². The second kappa shape index (κ2) is 6.13. The third-order valence-electron chi connectivity index (χ3n) is 5.74. The van der Waals surface area contributed by atoms with Crippen molar-refractivity contribution in [3.05, 3.63) is 40.4 Å². The maximum Gasteiger partial charge on any atom is 0.189 e. The minimum absolute atomic E-state index is 0.102. The molecule has 1 saturated carbocycles. The molecule has 0 N–H and O–H groups in total. The molecule has 0 amide bonds. The van der Waals surface area contributed by atoms with E-state index in [2.05, 4.69) is 35.1 Å². The van der Waals surface area contributed by atoms with E-state index < -0.39 is 0 Å². The average Bonchev–Trinajstić information content (AvgIpc) is 3.40. The lowest BCUT2D eigenvalue weighted by atomic mass is 10.1. The Morgan fingerprint density at radius 3 is 2.44 bits per heavy atom. The van der Waals surface area contributed by atoms with Crippen molar-refractivity contribution >= 4 is 16.6 Å². The molecule has 0 spiro atoms. The Morgan fingerprint density at radius 2 is 1.84 bits per heavy atom. The molecule has 25 heavy (non-hydrogen) atoms. The lowest BCUT2D eigenvalue weighted by Gasteiger charge is -2.45. The Bertz CT molecular complexity index is 846. The van der Waals surface area contributed by atoms with E-state index in [1.165, 1.54) is 6.07 Å². The second-order valence-electron chi connectivity index (χ2n) is 7.57. The fraction of sp³-hybridized carbons (Fsp3) is 0.550. The standard InChI is InChI=1S/C20H26FN3O/c1-4-23-13(2)11-22(12-14(23)3)19-10-18-16(9-17(19)21)20(25)7-8-24(18)15-5-6-15/h7-10,13-15H,4-6,11-12H2,1-3H3. The smallest absolute Gasteiger partial charge is 0.189 e. The van der Waals surface area contributed by atoms with Gasteiger partial charge in [0.2, 0.25) is 0 Å². The highest BCUT2D eigenvalue weighted by molar-refractivity contribution is 5.83. The van der Waals surface area contributed by atoms with Gasteiger partial charge >= 0.3 is 0 Å². The summed E-state index contributed by atoms with van der Waals surface area (Å²) in [6, 6.07) is 6.11. The van der Waals surface area contributed by atoms with E-state index in [-0.39, 0.29) is 11.2 Å². The molecule has 4 rings (SSSR count). The summed E-state index contributed by atoms with van der Waals surface area (Å²) in [5.41, 5.74) is 1.39. The van der Waals surface area contributed by atoms with Crippen LogP contribution in [0.15, 0.2) is 29.2 Å². The van der Waals surface area contributed by atoms with Crippen LogP contribution in [0.1, 0.15) is 39.7 Å². The molecular weight excluding hydrogens is 317 g/mol. The van der Waals surface area contributed by atoms with Gasteiger partial charge in [-0.1, -0.05) is 6.92 Å². The number of aromatic nitrogens is 1. The van der Waals surface area contributed by atoms with Gasteiger partial charge in [-0.05, 0) is 45.4 Å². The first-order valence-corrected chi connectivity index (χ1v) is 9.34. The molecule has 134 valence electrons. The number of hydrogen-bond acceptors (Lipinski definition) is 3. The number of piperazine rings is 1. The molecule has 0 bridgehead atoms. The first-order chi connectivity index (χ1) is 12.0. The van der Waals surface area contributed by atoms with E-state index in [4.69, 9.17) is 0 Å². The zero-order valence-corrected chi connectivity index (χ0v) is 15.2. The van der Waals surface area contributed by atoms with Crippen molar-refractivity contribution in [2.45, 2.75) is 51.7 Å². The Kier molecular flexibility index (Phi) is 4.07. The molecule has 5 heteroatoms. The normalized spacial score (nSPS) is 24.9.